The number of pyridine rings is 1. The van der Waals surface area contributed by atoms with Crippen molar-refractivity contribution in [3.8, 4) is 5.88 Å². The molecule has 0 bridgehead atoms. The number of piperidine rings is 1. The van der Waals surface area contributed by atoms with Crippen LogP contribution in [0.2, 0.25) is 5.02 Å². The van der Waals surface area contributed by atoms with Crippen molar-refractivity contribution in [3.63, 3.8) is 0 Å². The van der Waals surface area contributed by atoms with E-state index in [4.69, 9.17) is 31.0 Å². The number of nitrogens with one attached hydrogen (secondary N) is 1. The van der Waals surface area contributed by atoms with Crippen molar-refractivity contribution < 1.29 is 33.4 Å². The summed E-state index contributed by atoms with van der Waals surface area (Å²) in [5, 5.41) is 12.6. The Hall–Kier alpha value is -4.59. The maximum Gasteiger partial charge on any atom is 0.326 e. The Balaban J connectivity index is 0.995. The van der Waals surface area contributed by atoms with Gasteiger partial charge in [0, 0.05) is 47.0 Å². The Morgan fingerprint density at radius 2 is 1.87 bits per heavy atom. The van der Waals surface area contributed by atoms with E-state index in [9.17, 15) is 23.9 Å². The molecule has 0 unspecified atom stereocenters. The van der Waals surface area contributed by atoms with Crippen molar-refractivity contribution >= 4 is 40.4 Å². The van der Waals surface area contributed by atoms with Gasteiger partial charge in [-0.2, -0.15) is 0 Å². The zero-order valence-corrected chi connectivity index (χ0v) is 29.7. The maximum atomic E-state index is 14.2. The third kappa shape index (κ3) is 7.91. The average Bonchev–Trinajstić information content (AvgIpc) is 3.74. The Morgan fingerprint density at radius 1 is 1.06 bits per heavy atom. The Morgan fingerprint density at radius 3 is 2.60 bits per heavy atom. The van der Waals surface area contributed by atoms with E-state index < -0.39 is 35.7 Å². The van der Waals surface area contributed by atoms with Crippen molar-refractivity contribution in [1.82, 2.24) is 29.7 Å². The van der Waals surface area contributed by atoms with Gasteiger partial charge in [0.05, 0.1) is 30.2 Å². The van der Waals surface area contributed by atoms with E-state index >= 15 is 0 Å². The van der Waals surface area contributed by atoms with Crippen LogP contribution >= 0.6 is 11.6 Å². The van der Waals surface area contributed by atoms with E-state index in [1.165, 1.54) is 11.0 Å². The second-order valence-electron chi connectivity index (χ2n) is 13.8. The number of imidazole rings is 1. The number of carbonyl (C=O) groups is 3. The number of ether oxygens (including phenoxy) is 2. The molecule has 0 spiro atoms. The predicted octanol–water partition coefficient (Wildman–Crippen LogP) is 5.17. The summed E-state index contributed by atoms with van der Waals surface area (Å²) in [7, 11) is 0. The van der Waals surface area contributed by atoms with Crippen molar-refractivity contribution in [1.29, 1.82) is 0 Å². The van der Waals surface area contributed by atoms with Crippen LogP contribution < -0.4 is 10.1 Å². The summed E-state index contributed by atoms with van der Waals surface area (Å²) >= 11 is 5.87. The number of carbonyl (C=O) groups excluding carboxylic acids is 2. The van der Waals surface area contributed by atoms with E-state index in [1.807, 2.05) is 18.2 Å². The van der Waals surface area contributed by atoms with Gasteiger partial charge in [0.1, 0.15) is 30.3 Å². The summed E-state index contributed by atoms with van der Waals surface area (Å²) in [6.07, 6.45) is 3.91. The maximum absolute atomic E-state index is 14.2. The number of carboxylic acid groups (broad SMARTS) is 1. The largest absolute Gasteiger partial charge is 0.480 e. The molecular formula is C38H42ClFN6O6. The molecule has 12 nitrogen and oxygen atoms in total. The van der Waals surface area contributed by atoms with Gasteiger partial charge in [-0.25, -0.2) is 19.2 Å². The molecule has 2 amide bonds. The number of fused-ring (bicyclic) bond motifs is 1. The second-order valence-corrected chi connectivity index (χ2v) is 14.3. The lowest BCUT2D eigenvalue weighted by molar-refractivity contribution is -0.148. The molecule has 2 aromatic carbocycles. The molecule has 3 saturated heterocycles. The highest BCUT2D eigenvalue weighted by Crippen LogP contribution is 2.30. The molecule has 0 radical (unpaired) electrons. The molecule has 5 heterocycles. The number of carboxylic acids is 1. The predicted molar refractivity (Wildman–Crippen MR) is 191 cm³/mol. The lowest BCUT2D eigenvalue weighted by Crippen LogP contribution is -2.50. The van der Waals surface area contributed by atoms with Crippen LogP contribution in [0.25, 0.3) is 11.0 Å². The van der Waals surface area contributed by atoms with Gasteiger partial charge < -0.3 is 29.4 Å². The summed E-state index contributed by atoms with van der Waals surface area (Å²) < 4.78 is 28.0. The van der Waals surface area contributed by atoms with Gasteiger partial charge in [-0.15, -0.1) is 0 Å². The number of nitrogens with zero attached hydrogens (tertiary/aromatic N) is 5. The normalized spacial score (nSPS) is 20.1. The van der Waals surface area contributed by atoms with Crippen LogP contribution in [0.4, 0.5) is 4.39 Å². The van der Waals surface area contributed by atoms with Crippen LogP contribution in [0.1, 0.15) is 72.4 Å². The minimum Gasteiger partial charge on any atom is -0.480 e. The van der Waals surface area contributed by atoms with Gasteiger partial charge >= 0.3 is 5.97 Å². The zero-order chi connectivity index (χ0) is 36.4. The fraction of sp³-hybridized carbons (Fsp3) is 0.447. The first kappa shape index (κ1) is 35.8. The number of hydrogen-bond donors (Lipinski definition) is 2. The van der Waals surface area contributed by atoms with Gasteiger partial charge in [0.15, 0.2) is 0 Å². The van der Waals surface area contributed by atoms with Crippen molar-refractivity contribution in [2.75, 3.05) is 26.2 Å². The molecule has 14 heteroatoms. The van der Waals surface area contributed by atoms with Crippen LogP contribution in [-0.4, -0.2) is 91.7 Å². The number of benzene rings is 2. The van der Waals surface area contributed by atoms with E-state index in [0.717, 1.165) is 56.0 Å². The molecule has 52 heavy (non-hydrogen) atoms. The Labute approximate surface area is 305 Å². The number of hydrogen-bond acceptors (Lipinski definition) is 8. The zero-order valence-electron chi connectivity index (χ0n) is 29.0. The molecular weight excluding hydrogens is 691 g/mol. The molecule has 4 aromatic rings. The third-order valence-electron chi connectivity index (χ3n) is 10.3. The number of halogens is 2. The summed E-state index contributed by atoms with van der Waals surface area (Å²) in [6, 6.07) is 13.9. The van der Waals surface area contributed by atoms with Gasteiger partial charge in [-0.3, -0.25) is 14.5 Å². The smallest absolute Gasteiger partial charge is 0.326 e. The van der Waals surface area contributed by atoms with E-state index in [0.29, 0.717) is 60.0 Å². The van der Waals surface area contributed by atoms with Crippen molar-refractivity contribution in [3.05, 3.63) is 88.1 Å². The number of aliphatic carboxylic acids is 1. The Bertz CT molecular complexity index is 1960. The number of amides is 2. The summed E-state index contributed by atoms with van der Waals surface area (Å²) in [5.41, 5.74) is 3.32. The molecule has 274 valence electrons. The van der Waals surface area contributed by atoms with Gasteiger partial charge in [-0.05, 0) is 88.5 Å². The summed E-state index contributed by atoms with van der Waals surface area (Å²) in [5.74, 6) is -0.672. The van der Waals surface area contributed by atoms with Crippen molar-refractivity contribution in [2.24, 2.45) is 0 Å². The molecule has 0 aliphatic carbocycles. The lowest BCUT2D eigenvalue weighted by atomic mass is 9.93. The molecule has 3 aliphatic rings. The van der Waals surface area contributed by atoms with Gasteiger partial charge in [0.2, 0.25) is 11.8 Å². The van der Waals surface area contributed by atoms with E-state index in [1.54, 1.807) is 37.3 Å². The highest BCUT2D eigenvalue weighted by atomic mass is 35.5. The molecule has 3 fully saturated rings. The van der Waals surface area contributed by atoms with Gasteiger partial charge in [0.25, 0.3) is 5.91 Å². The van der Waals surface area contributed by atoms with Crippen LogP contribution in [0, 0.1) is 5.82 Å². The van der Waals surface area contributed by atoms with Crippen LogP contribution in [0.3, 0.4) is 0 Å². The van der Waals surface area contributed by atoms with Crippen LogP contribution in [0.15, 0.2) is 54.6 Å². The van der Waals surface area contributed by atoms with Crippen LogP contribution in [-0.2, 0) is 34.0 Å². The minimum atomic E-state index is -1.03. The van der Waals surface area contributed by atoms with Crippen LogP contribution in [0.5, 0.6) is 5.88 Å². The standard InChI is InChI=1S/C38H42ClFN6O6/c1-23(37(48)45-14-3-5-33(45)38(49)50)41-36(47)25-8-10-32-31(18-25)42-34(46(32)20-28-13-17-51-28)21-44-15-11-24(12-16-44)30-4-2-6-35(43-30)52-22-26-7-9-27(39)19-29(26)40/h2,4,6-10,18-19,23-24,28,33H,3,5,11-17,20-22H2,1H3,(H,41,47)(H,49,50)/t23-,28+,33-/m1/s1. The first-order chi connectivity index (χ1) is 25.1. The molecule has 2 N–H and O–H groups in total. The SMILES string of the molecule is C[C@@H](NC(=O)c1ccc2c(c1)nc(CN1CCC(c3cccc(OCc4ccc(Cl)cc4F)n3)CC1)n2C[C@@H]1CCO1)C(=O)N1CCC[C@@H]1C(=O)O. The fourth-order valence-corrected chi connectivity index (χ4v) is 7.43. The highest BCUT2D eigenvalue weighted by Gasteiger charge is 2.36. The fourth-order valence-electron chi connectivity index (χ4n) is 7.27. The number of likely N-dealkylation sites (tertiary alicyclic amines) is 2. The van der Waals surface area contributed by atoms with E-state index in [2.05, 4.69) is 14.8 Å². The van der Waals surface area contributed by atoms with Crippen molar-refractivity contribution in [2.45, 2.75) is 82.8 Å². The lowest BCUT2D eigenvalue weighted by Gasteiger charge is -2.32. The second kappa shape index (κ2) is 15.6. The quantitative estimate of drug-likeness (QED) is 0.202. The molecule has 3 atom stereocenters. The summed E-state index contributed by atoms with van der Waals surface area (Å²) in [4.78, 5) is 51.3. The van der Waals surface area contributed by atoms with E-state index in [-0.39, 0.29) is 18.6 Å². The monoisotopic (exact) mass is 732 g/mol. The number of aromatic nitrogens is 3. The number of rotatable bonds is 12. The first-order valence-electron chi connectivity index (χ1n) is 17.8. The Kier molecular flexibility index (Phi) is 10.7. The van der Waals surface area contributed by atoms with Gasteiger partial charge in [-0.1, -0.05) is 23.7 Å². The average molecular weight is 733 g/mol. The molecule has 0 saturated carbocycles. The molecule has 3 aliphatic heterocycles. The highest BCUT2D eigenvalue weighted by molar-refractivity contribution is 6.30. The topological polar surface area (TPSA) is 139 Å². The molecule has 7 rings (SSSR count). The summed E-state index contributed by atoms with van der Waals surface area (Å²) in [6.45, 7) is 5.72. The minimum absolute atomic E-state index is 0.0590. The molecule has 2 aromatic heterocycles. The first-order valence-corrected chi connectivity index (χ1v) is 18.2. The third-order valence-corrected chi connectivity index (χ3v) is 10.5.